The maximum atomic E-state index is 6.34. The molecule has 2 atom stereocenters. The second-order valence-corrected chi connectivity index (χ2v) is 9.16. The molecule has 0 aliphatic carbocycles. The fourth-order valence-corrected chi connectivity index (χ4v) is 4.52. The van der Waals surface area contributed by atoms with E-state index in [-0.39, 0.29) is 24.0 Å². The largest absolute Gasteiger partial charge is 0.357 e. The molecule has 2 saturated heterocycles. The molecule has 2 aliphatic heterocycles. The van der Waals surface area contributed by atoms with Gasteiger partial charge in [0.25, 0.3) is 0 Å². The Bertz CT molecular complexity index is 694. The van der Waals surface area contributed by atoms with Gasteiger partial charge in [0.05, 0.1) is 11.6 Å². The summed E-state index contributed by atoms with van der Waals surface area (Å²) in [7, 11) is 2.20. The second kappa shape index (κ2) is 13.0. The summed E-state index contributed by atoms with van der Waals surface area (Å²) in [5, 5.41) is 7.79. The molecule has 0 bridgehead atoms. The first-order chi connectivity index (χ1) is 14.5. The third-order valence-corrected chi connectivity index (χ3v) is 6.42. The fraction of sp³-hybridized carbons (Fsp3) is 0.727. The number of nitrogens with zero attached hydrogens (tertiary/aromatic N) is 5. The van der Waals surface area contributed by atoms with Crippen LogP contribution in [0.25, 0.3) is 0 Å². The zero-order valence-electron chi connectivity index (χ0n) is 19.4. The number of aliphatic imine (C=N–C) groups is 1. The average Bonchev–Trinajstić information content (AvgIpc) is 3.18. The summed E-state index contributed by atoms with van der Waals surface area (Å²) >= 11 is 6.34. The summed E-state index contributed by atoms with van der Waals surface area (Å²) in [6.07, 6.45) is 2.85. The first kappa shape index (κ1) is 26.4. The molecule has 176 valence electrons. The molecular weight excluding hydrogens is 525 g/mol. The number of hydrogen-bond donors (Lipinski definition) is 2. The van der Waals surface area contributed by atoms with Gasteiger partial charge in [0, 0.05) is 64.1 Å². The van der Waals surface area contributed by atoms with Crippen LogP contribution < -0.4 is 15.5 Å². The SMILES string of the molecule is CCNC(=NCC(C(C)C)N1CCN(C)CC1)NC1CCN(c2ncccc2Cl)C1.I. The van der Waals surface area contributed by atoms with Gasteiger partial charge in [0.1, 0.15) is 5.82 Å². The molecule has 0 saturated carbocycles. The quantitative estimate of drug-likeness (QED) is 0.302. The van der Waals surface area contributed by atoms with Crippen LogP contribution in [0.15, 0.2) is 23.3 Å². The molecule has 3 rings (SSSR count). The van der Waals surface area contributed by atoms with Crippen molar-refractivity contribution < 1.29 is 0 Å². The summed E-state index contributed by atoms with van der Waals surface area (Å²) in [5.74, 6) is 2.37. The standard InChI is InChI=1S/C22H38ClN7.HI/c1-5-24-22(26-15-20(17(2)3)29-13-11-28(4)12-14-29)27-18-8-10-30(16-18)21-19(23)7-6-9-25-21;/h6-7,9,17-18,20H,5,8,10-16H2,1-4H3,(H2,24,26,27);1H. The molecule has 3 heterocycles. The summed E-state index contributed by atoms with van der Waals surface area (Å²) < 4.78 is 0. The number of halogens is 2. The third-order valence-electron chi connectivity index (χ3n) is 6.12. The Labute approximate surface area is 210 Å². The molecule has 1 aromatic heterocycles. The van der Waals surface area contributed by atoms with Crippen molar-refractivity contribution >= 4 is 47.4 Å². The minimum Gasteiger partial charge on any atom is -0.357 e. The zero-order valence-corrected chi connectivity index (χ0v) is 22.4. The number of hydrogen-bond acceptors (Lipinski definition) is 5. The Morgan fingerprint density at radius 2 is 2.00 bits per heavy atom. The van der Waals surface area contributed by atoms with Crippen molar-refractivity contribution in [3.05, 3.63) is 23.4 Å². The Morgan fingerprint density at radius 3 is 2.65 bits per heavy atom. The van der Waals surface area contributed by atoms with Gasteiger partial charge in [-0.25, -0.2) is 4.98 Å². The summed E-state index contributed by atoms with van der Waals surface area (Å²) in [6.45, 7) is 14.8. The van der Waals surface area contributed by atoms with Gasteiger partial charge in [0.15, 0.2) is 5.96 Å². The lowest BCUT2D eigenvalue weighted by Crippen LogP contribution is -2.52. The molecule has 31 heavy (non-hydrogen) atoms. The molecule has 9 heteroatoms. The molecular formula is C22H39ClIN7. The number of piperazine rings is 1. The molecule has 0 spiro atoms. The highest BCUT2D eigenvalue weighted by molar-refractivity contribution is 14.0. The van der Waals surface area contributed by atoms with E-state index in [4.69, 9.17) is 16.6 Å². The summed E-state index contributed by atoms with van der Waals surface area (Å²) in [5.41, 5.74) is 0. The maximum Gasteiger partial charge on any atom is 0.191 e. The second-order valence-electron chi connectivity index (χ2n) is 8.76. The van der Waals surface area contributed by atoms with Crippen molar-refractivity contribution in [2.24, 2.45) is 10.9 Å². The highest BCUT2D eigenvalue weighted by Crippen LogP contribution is 2.25. The molecule has 0 radical (unpaired) electrons. The predicted molar refractivity (Wildman–Crippen MR) is 142 cm³/mol. The van der Waals surface area contributed by atoms with Gasteiger partial charge in [-0.2, -0.15) is 0 Å². The van der Waals surface area contributed by atoms with Gasteiger partial charge in [-0.15, -0.1) is 24.0 Å². The molecule has 0 aromatic carbocycles. The Kier molecular flexibility index (Phi) is 11.1. The number of aromatic nitrogens is 1. The van der Waals surface area contributed by atoms with Crippen LogP contribution in [0.3, 0.4) is 0 Å². The van der Waals surface area contributed by atoms with Crippen molar-refractivity contribution in [3.63, 3.8) is 0 Å². The van der Waals surface area contributed by atoms with Gasteiger partial charge in [-0.1, -0.05) is 25.4 Å². The van der Waals surface area contributed by atoms with E-state index in [1.54, 1.807) is 6.20 Å². The lowest BCUT2D eigenvalue weighted by Gasteiger charge is -2.39. The van der Waals surface area contributed by atoms with Gasteiger partial charge in [0.2, 0.25) is 0 Å². The van der Waals surface area contributed by atoms with Crippen LogP contribution in [0.5, 0.6) is 0 Å². The van der Waals surface area contributed by atoms with E-state index < -0.39 is 0 Å². The lowest BCUT2D eigenvalue weighted by atomic mass is 10.0. The van der Waals surface area contributed by atoms with Crippen molar-refractivity contribution in [2.75, 3.05) is 64.3 Å². The van der Waals surface area contributed by atoms with Crippen LogP contribution >= 0.6 is 35.6 Å². The number of likely N-dealkylation sites (N-methyl/N-ethyl adjacent to an activating group) is 1. The Hall–Kier alpha value is -0.840. The van der Waals surface area contributed by atoms with Crippen LogP contribution in [0.4, 0.5) is 5.82 Å². The molecule has 2 N–H and O–H groups in total. The predicted octanol–water partition coefficient (Wildman–Crippen LogP) is 2.76. The van der Waals surface area contributed by atoms with Crippen molar-refractivity contribution in [2.45, 2.75) is 39.3 Å². The number of nitrogens with one attached hydrogen (secondary N) is 2. The maximum absolute atomic E-state index is 6.34. The molecule has 1 aromatic rings. The molecule has 2 fully saturated rings. The van der Waals surface area contributed by atoms with E-state index in [2.05, 4.69) is 58.1 Å². The highest BCUT2D eigenvalue weighted by Gasteiger charge is 2.27. The van der Waals surface area contributed by atoms with Crippen LogP contribution in [0, 0.1) is 5.92 Å². The summed E-state index contributed by atoms with van der Waals surface area (Å²) in [6, 6.07) is 4.59. The molecule has 2 unspecified atom stereocenters. The van der Waals surface area contributed by atoms with Crippen molar-refractivity contribution in [1.82, 2.24) is 25.4 Å². The van der Waals surface area contributed by atoms with E-state index in [1.807, 2.05) is 12.1 Å². The number of anilines is 1. The molecule has 0 amide bonds. The van der Waals surface area contributed by atoms with E-state index in [0.29, 0.717) is 23.0 Å². The number of pyridine rings is 1. The van der Waals surface area contributed by atoms with Crippen molar-refractivity contribution in [1.29, 1.82) is 0 Å². The first-order valence-corrected chi connectivity index (χ1v) is 11.7. The number of rotatable bonds is 7. The van der Waals surface area contributed by atoms with E-state index >= 15 is 0 Å². The zero-order chi connectivity index (χ0) is 21.5. The van der Waals surface area contributed by atoms with Gasteiger partial charge in [-0.3, -0.25) is 9.89 Å². The number of guanidine groups is 1. The van der Waals surface area contributed by atoms with Crippen molar-refractivity contribution in [3.8, 4) is 0 Å². The lowest BCUT2D eigenvalue weighted by molar-refractivity contribution is 0.0925. The first-order valence-electron chi connectivity index (χ1n) is 11.3. The van der Waals surface area contributed by atoms with Gasteiger partial charge >= 0.3 is 0 Å². The van der Waals surface area contributed by atoms with Crippen LogP contribution in [-0.4, -0.2) is 92.2 Å². The van der Waals surface area contributed by atoms with Gasteiger partial charge < -0.3 is 20.4 Å². The van der Waals surface area contributed by atoms with Crippen LogP contribution in [-0.2, 0) is 0 Å². The topological polar surface area (TPSA) is 59.0 Å². The van der Waals surface area contributed by atoms with Crippen LogP contribution in [0.2, 0.25) is 5.02 Å². The van der Waals surface area contributed by atoms with E-state index in [0.717, 1.165) is 70.6 Å². The minimum atomic E-state index is 0. The minimum absolute atomic E-state index is 0. The Balaban J connectivity index is 0.00000341. The summed E-state index contributed by atoms with van der Waals surface area (Å²) in [4.78, 5) is 16.7. The van der Waals surface area contributed by atoms with Crippen LogP contribution in [0.1, 0.15) is 27.2 Å². The molecule has 7 nitrogen and oxygen atoms in total. The Morgan fingerprint density at radius 1 is 1.26 bits per heavy atom. The molecule has 2 aliphatic rings. The smallest absolute Gasteiger partial charge is 0.191 e. The highest BCUT2D eigenvalue weighted by atomic mass is 127. The van der Waals surface area contributed by atoms with Gasteiger partial charge in [-0.05, 0) is 38.4 Å². The fourth-order valence-electron chi connectivity index (χ4n) is 4.28. The normalized spacial score (nSPS) is 21.8. The average molecular weight is 564 g/mol. The van der Waals surface area contributed by atoms with E-state index in [1.165, 1.54) is 0 Å². The monoisotopic (exact) mass is 563 g/mol. The third kappa shape index (κ3) is 7.61. The van der Waals surface area contributed by atoms with E-state index in [9.17, 15) is 0 Å².